The Hall–Kier alpha value is -1.64. The predicted octanol–water partition coefficient (Wildman–Crippen LogP) is 3.12. The van der Waals surface area contributed by atoms with Crippen LogP contribution in [-0.4, -0.2) is 29.2 Å². The lowest BCUT2D eigenvalue weighted by Crippen LogP contribution is -2.22. The van der Waals surface area contributed by atoms with Crippen LogP contribution in [0.1, 0.15) is 12.6 Å². The molecule has 0 unspecified atom stereocenters. The lowest BCUT2D eigenvalue weighted by atomic mass is 10.3. The number of nitrogens with zero attached hydrogens (tertiary/aromatic N) is 3. The molecule has 4 nitrogen and oxygen atoms in total. The van der Waals surface area contributed by atoms with Gasteiger partial charge in [-0.3, -0.25) is 0 Å². The number of hydrogen-bond acceptors (Lipinski definition) is 3. The fourth-order valence-electron chi connectivity index (χ4n) is 1.87. The number of hydrogen-bond donors (Lipinski definition) is 0. The van der Waals surface area contributed by atoms with Crippen LogP contribution >= 0.6 is 0 Å². The Labute approximate surface area is 121 Å². The third-order valence-electron chi connectivity index (χ3n) is 3.03. The first kappa shape index (κ1) is 14.8. The SMILES string of the molecule is CC#Cc1ncnc2c1ccn2COCC[Si](C)(C)C. The highest BCUT2D eigenvalue weighted by Crippen LogP contribution is 2.16. The molecular weight excluding hydrogens is 266 g/mol. The molecule has 0 aliphatic heterocycles. The molecule has 0 spiro atoms. The molecule has 0 saturated heterocycles. The predicted molar refractivity (Wildman–Crippen MR) is 84.2 cm³/mol. The summed E-state index contributed by atoms with van der Waals surface area (Å²) in [7, 11) is -1.03. The fourth-order valence-corrected chi connectivity index (χ4v) is 2.62. The minimum absolute atomic E-state index is 0.532. The third-order valence-corrected chi connectivity index (χ3v) is 4.73. The van der Waals surface area contributed by atoms with Gasteiger partial charge in [0.2, 0.25) is 0 Å². The van der Waals surface area contributed by atoms with E-state index < -0.39 is 8.07 Å². The van der Waals surface area contributed by atoms with Crippen LogP contribution < -0.4 is 0 Å². The smallest absolute Gasteiger partial charge is 0.146 e. The van der Waals surface area contributed by atoms with Crippen LogP contribution in [0.4, 0.5) is 0 Å². The minimum Gasteiger partial charge on any atom is -0.361 e. The quantitative estimate of drug-likeness (QED) is 0.482. The lowest BCUT2D eigenvalue weighted by Gasteiger charge is -2.15. The highest BCUT2D eigenvalue weighted by atomic mass is 28.3. The number of aromatic nitrogens is 3. The van der Waals surface area contributed by atoms with Crippen LogP contribution in [-0.2, 0) is 11.5 Å². The standard InChI is InChI=1S/C15H21N3OSi/c1-5-6-14-13-7-8-18(15(13)17-11-16-14)12-19-9-10-20(2,3)4/h7-8,11H,9-10,12H2,1-4H3. The van der Waals surface area contributed by atoms with E-state index in [1.165, 1.54) is 6.04 Å². The molecule has 106 valence electrons. The number of fused-ring (bicyclic) bond motifs is 1. The van der Waals surface area contributed by atoms with Crippen molar-refractivity contribution in [2.75, 3.05) is 6.61 Å². The van der Waals surface area contributed by atoms with Gasteiger partial charge in [-0.15, -0.1) is 0 Å². The molecule has 0 N–H and O–H groups in total. The van der Waals surface area contributed by atoms with E-state index in [2.05, 4.69) is 41.4 Å². The average molecular weight is 287 g/mol. The van der Waals surface area contributed by atoms with Crippen molar-refractivity contribution in [3.8, 4) is 11.8 Å². The van der Waals surface area contributed by atoms with Crippen molar-refractivity contribution in [1.29, 1.82) is 0 Å². The van der Waals surface area contributed by atoms with Crippen molar-refractivity contribution in [1.82, 2.24) is 14.5 Å². The molecule has 0 aromatic carbocycles. The second kappa shape index (κ2) is 6.20. The zero-order valence-corrected chi connectivity index (χ0v) is 13.6. The first-order valence-corrected chi connectivity index (χ1v) is 10.5. The number of rotatable bonds is 5. The molecule has 0 aliphatic rings. The third kappa shape index (κ3) is 3.68. The van der Waals surface area contributed by atoms with Crippen molar-refractivity contribution in [2.45, 2.75) is 39.3 Å². The Bertz CT molecular complexity index is 646. The highest BCUT2D eigenvalue weighted by Gasteiger charge is 2.12. The summed E-state index contributed by atoms with van der Waals surface area (Å²) in [4.78, 5) is 8.53. The topological polar surface area (TPSA) is 39.9 Å². The Kier molecular flexibility index (Phi) is 4.58. The van der Waals surface area contributed by atoms with E-state index in [0.29, 0.717) is 6.73 Å². The molecule has 0 bridgehead atoms. The zero-order valence-electron chi connectivity index (χ0n) is 12.6. The van der Waals surface area contributed by atoms with Gasteiger partial charge in [-0.05, 0) is 25.0 Å². The van der Waals surface area contributed by atoms with Crippen LogP contribution in [0.15, 0.2) is 18.6 Å². The van der Waals surface area contributed by atoms with Gasteiger partial charge < -0.3 is 9.30 Å². The van der Waals surface area contributed by atoms with E-state index in [9.17, 15) is 0 Å². The molecule has 0 saturated carbocycles. The van der Waals surface area contributed by atoms with E-state index >= 15 is 0 Å². The molecule has 20 heavy (non-hydrogen) atoms. The van der Waals surface area contributed by atoms with Crippen molar-refractivity contribution >= 4 is 19.1 Å². The Morgan fingerprint density at radius 1 is 1.30 bits per heavy atom. The normalized spacial score (nSPS) is 11.4. The summed E-state index contributed by atoms with van der Waals surface area (Å²) in [5, 5.41) is 0.982. The van der Waals surface area contributed by atoms with Crippen LogP contribution in [0.3, 0.4) is 0 Å². The van der Waals surface area contributed by atoms with Crippen LogP contribution in [0.5, 0.6) is 0 Å². The molecule has 0 aliphatic carbocycles. The Balaban J connectivity index is 2.08. The maximum atomic E-state index is 5.76. The number of ether oxygens (including phenoxy) is 1. The van der Waals surface area contributed by atoms with Crippen molar-refractivity contribution in [3.05, 3.63) is 24.3 Å². The molecule has 0 amide bonds. The lowest BCUT2D eigenvalue weighted by molar-refractivity contribution is 0.0899. The monoisotopic (exact) mass is 287 g/mol. The molecule has 2 rings (SSSR count). The van der Waals surface area contributed by atoms with E-state index in [1.54, 1.807) is 6.33 Å². The second-order valence-corrected chi connectivity index (χ2v) is 11.6. The second-order valence-electron chi connectivity index (χ2n) is 5.97. The van der Waals surface area contributed by atoms with Gasteiger partial charge in [-0.2, -0.15) is 0 Å². The summed E-state index contributed by atoms with van der Waals surface area (Å²) in [6, 6.07) is 3.17. The van der Waals surface area contributed by atoms with Crippen LogP contribution in [0, 0.1) is 11.8 Å². The van der Waals surface area contributed by atoms with Crippen molar-refractivity contribution in [2.24, 2.45) is 0 Å². The maximum Gasteiger partial charge on any atom is 0.146 e. The molecule has 2 aromatic heterocycles. The van der Waals surface area contributed by atoms with Gasteiger partial charge in [0.25, 0.3) is 0 Å². The fraction of sp³-hybridized carbons (Fsp3) is 0.467. The van der Waals surface area contributed by atoms with E-state index in [0.717, 1.165) is 23.3 Å². The van der Waals surface area contributed by atoms with Crippen molar-refractivity contribution < 1.29 is 4.74 Å². The average Bonchev–Trinajstić information content (AvgIpc) is 2.78. The molecule has 2 heterocycles. The van der Waals surface area contributed by atoms with Gasteiger partial charge >= 0.3 is 0 Å². The van der Waals surface area contributed by atoms with Gasteiger partial charge in [-0.1, -0.05) is 25.6 Å². The van der Waals surface area contributed by atoms with E-state index in [1.807, 2.05) is 23.8 Å². The molecule has 0 fully saturated rings. The summed E-state index contributed by atoms with van der Waals surface area (Å²) in [6.07, 6.45) is 3.54. The van der Waals surface area contributed by atoms with Gasteiger partial charge in [0.15, 0.2) is 0 Å². The summed E-state index contributed by atoms with van der Waals surface area (Å²) in [5.41, 5.74) is 1.66. The largest absolute Gasteiger partial charge is 0.361 e. The van der Waals surface area contributed by atoms with E-state index in [4.69, 9.17) is 4.74 Å². The molecule has 0 atom stereocenters. The molecule has 2 aromatic rings. The van der Waals surface area contributed by atoms with Gasteiger partial charge in [0.1, 0.15) is 24.4 Å². The van der Waals surface area contributed by atoms with E-state index in [-0.39, 0.29) is 0 Å². The van der Waals surface area contributed by atoms with Crippen LogP contribution in [0.2, 0.25) is 25.7 Å². The summed E-state index contributed by atoms with van der Waals surface area (Å²) in [5.74, 6) is 5.88. The van der Waals surface area contributed by atoms with Crippen LogP contribution in [0.25, 0.3) is 11.0 Å². The Morgan fingerprint density at radius 2 is 2.10 bits per heavy atom. The molecule has 0 radical (unpaired) electrons. The minimum atomic E-state index is -1.03. The van der Waals surface area contributed by atoms with Gasteiger partial charge in [0, 0.05) is 20.9 Å². The summed E-state index contributed by atoms with van der Waals surface area (Å²) >= 11 is 0. The van der Waals surface area contributed by atoms with Gasteiger partial charge in [0.05, 0.1) is 5.39 Å². The highest BCUT2D eigenvalue weighted by molar-refractivity contribution is 6.76. The van der Waals surface area contributed by atoms with Crippen molar-refractivity contribution in [3.63, 3.8) is 0 Å². The summed E-state index contributed by atoms with van der Waals surface area (Å²) in [6.45, 7) is 10.2. The zero-order chi connectivity index (χ0) is 14.6. The first-order valence-electron chi connectivity index (χ1n) is 6.81. The molecular formula is C15H21N3OSi. The van der Waals surface area contributed by atoms with Gasteiger partial charge in [-0.25, -0.2) is 9.97 Å². The Morgan fingerprint density at radius 3 is 2.80 bits per heavy atom. The molecule has 5 heteroatoms. The summed E-state index contributed by atoms with van der Waals surface area (Å²) < 4.78 is 7.77. The first-order chi connectivity index (χ1) is 9.51. The maximum absolute atomic E-state index is 5.76.